The number of nitrogens with zero attached hydrogens (tertiary/aromatic N) is 4. The maximum Gasteiger partial charge on any atom is 0.318 e. The van der Waals surface area contributed by atoms with Crippen LogP contribution in [0.15, 0.2) is 59.4 Å². The number of likely N-dealkylation sites (tertiary alicyclic amines) is 1. The van der Waals surface area contributed by atoms with Crippen LogP contribution in [0.4, 0.5) is 4.79 Å². The summed E-state index contributed by atoms with van der Waals surface area (Å²) >= 11 is 0. The van der Waals surface area contributed by atoms with Crippen molar-refractivity contribution in [2.24, 2.45) is 11.8 Å². The number of rotatable bonds is 7. The Morgan fingerprint density at radius 1 is 0.949 bits per heavy atom. The van der Waals surface area contributed by atoms with Crippen molar-refractivity contribution < 1.29 is 9.59 Å². The van der Waals surface area contributed by atoms with Crippen LogP contribution < -0.4 is 10.9 Å². The number of benzene rings is 1. The van der Waals surface area contributed by atoms with E-state index in [4.69, 9.17) is 0 Å². The molecule has 1 aromatic heterocycles. The van der Waals surface area contributed by atoms with Crippen LogP contribution in [0.3, 0.4) is 0 Å². The van der Waals surface area contributed by atoms with Gasteiger partial charge in [0.15, 0.2) is 0 Å². The van der Waals surface area contributed by atoms with Crippen molar-refractivity contribution in [2.75, 3.05) is 45.8 Å². The number of urea groups is 1. The lowest BCUT2D eigenvalue weighted by Crippen LogP contribution is -2.58. The third-order valence-corrected chi connectivity index (χ3v) is 8.23. The number of nitrogens with one attached hydrogen (secondary N) is 1. The lowest BCUT2D eigenvalue weighted by molar-refractivity contribution is -0.135. The van der Waals surface area contributed by atoms with Crippen molar-refractivity contribution in [3.63, 3.8) is 0 Å². The number of amides is 3. The Morgan fingerprint density at radius 2 is 1.72 bits per heavy atom. The first-order valence-corrected chi connectivity index (χ1v) is 14.4. The number of hydrogen-bond acceptors (Lipinski definition) is 4. The lowest BCUT2D eigenvalue weighted by atomic mass is 9.83. The molecule has 208 valence electrons. The van der Waals surface area contributed by atoms with E-state index < -0.39 is 6.04 Å². The zero-order valence-corrected chi connectivity index (χ0v) is 23.2. The van der Waals surface area contributed by atoms with Gasteiger partial charge >= 0.3 is 6.03 Å². The van der Waals surface area contributed by atoms with Crippen LogP contribution in [-0.2, 0) is 11.3 Å². The number of fused-ring (bicyclic) bond motifs is 4. The molecule has 3 atom stereocenters. The van der Waals surface area contributed by atoms with Crippen molar-refractivity contribution in [3.05, 3.63) is 76.2 Å². The molecule has 0 spiro atoms. The van der Waals surface area contributed by atoms with Gasteiger partial charge in [-0.2, -0.15) is 0 Å². The van der Waals surface area contributed by atoms with E-state index in [-0.39, 0.29) is 35.3 Å². The van der Waals surface area contributed by atoms with Crippen LogP contribution in [0.2, 0.25) is 0 Å². The fraction of sp³-hybridized carbons (Fsp3) is 0.516. The summed E-state index contributed by atoms with van der Waals surface area (Å²) in [5.74, 6) is 0.708. The van der Waals surface area contributed by atoms with Gasteiger partial charge in [0.2, 0.25) is 5.91 Å². The number of carbonyl (C=O) groups excluding carboxylic acids is 2. The normalized spacial score (nSPS) is 22.1. The topological polar surface area (TPSA) is 77.9 Å². The Labute approximate surface area is 231 Å². The van der Waals surface area contributed by atoms with Gasteiger partial charge in [0, 0.05) is 70.0 Å². The first kappa shape index (κ1) is 27.2. The molecule has 2 fully saturated rings. The zero-order valence-electron chi connectivity index (χ0n) is 23.2. The maximum atomic E-state index is 13.6. The van der Waals surface area contributed by atoms with Gasteiger partial charge in [0.25, 0.3) is 5.56 Å². The van der Waals surface area contributed by atoms with Gasteiger partial charge in [0.05, 0.1) is 0 Å². The van der Waals surface area contributed by atoms with E-state index >= 15 is 0 Å². The van der Waals surface area contributed by atoms with Crippen LogP contribution in [0.5, 0.6) is 0 Å². The van der Waals surface area contributed by atoms with Gasteiger partial charge in [-0.15, -0.1) is 0 Å². The second kappa shape index (κ2) is 12.2. The van der Waals surface area contributed by atoms with Gasteiger partial charge < -0.3 is 19.7 Å². The molecule has 3 aliphatic rings. The summed E-state index contributed by atoms with van der Waals surface area (Å²) in [6, 6.07) is 15.0. The van der Waals surface area contributed by atoms with Crippen molar-refractivity contribution in [2.45, 2.75) is 45.2 Å². The number of carbonyl (C=O) groups is 2. The molecule has 1 N–H and O–H groups in total. The molecular formula is C31H41N5O3. The van der Waals surface area contributed by atoms with E-state index in [1.54, 1.807) is 6.07 Å². The molecule has 2 bridgehead atoms. The van der Waals surface area contributed by atoms with E-state index in [0.29, 0.717) is 39.1 Å². The molecule has 0 saturated carbocycles. The minimum Gasteiger partial charge on any atom is -0.338 e. The van der Waals surface area contributed by atoms with Gasteiger partial charge in [0.1, 0.15) is 6.04 Å². The van der Waals surface area contributed by atoms with E-state index in [1.165, 1.54) is 5.56 Å². The molecule has 5 rings (SSSR count). The van der Waals surface area contributed by atoms with Gasteiger partial charge in [-0.3, -0.25) is 14.5 Å². The number of aromatic nitrogens is 1. The smallest absolute Gasteiger partial charge is 0.318 e. The Bertz CT molecular complexity index is 1230. The summed E-state index contributed by atoms with van der Waals surface area (Å²) in [4.78, 5) is 45.5. The highest BCUT2D eigenvalue weighted by Crippen LogP contribution is 2.35. The number of hydrogen-bond donors (Lipinski definition) is 1. The average Bonchev–Trinajstić information content (AvgIpc) is 2.93. The fourth-order valence-electron chi connectivity index (χ4n) is 6.27. The monoisotopic (exact) mass is 531 g/mol. The number of piperazine rings is 1. The fourth-order valence-corrected chi connectivity index (χ4v) is 6.27. The van der Waals surface area contributed by atoms with Crippen LogP contribution in [0, 0.1) is 11.8 Å². The van der Waals surface area contributed by atoms with E-state index in [2.05, 4.69) is 48.3 Å². The van der Waals surface area contributed by atoms with E-state index in [0.717, 1.165) is 31.7 Å². The molecule has 3 aliphatic heterocycles. The van der Waals surface area contributed by atoms with Gasteiger partial charge in [-0.05, 0) is 36.3 Å². The molecule has 3 amide bonds. The number of pyridine rings is 1. The maximum absolute atomic E-state index is 13.6. The Morgan fingerprint density at radius 3 is 2.46 bits per heavy atom. The van der Waals surface area contributed by atoms with Crippen LogP contribution in [0.1, 0.15) is 43.9 Å². The Kier molecular flexibility index (Phi) is 8.50. The molecule has 2 aromatic rings. The second-order valence-electron chi connectivity index (χ2n) is 11.7. The van der Waals surface area contributed by atoms with Crippen molar-refractivity contribution in [3.8, 4) is 0 Å². The first-order valence-electron chi connectivity index (χ1n) is 14.4. The number of piperidine rings is 1. The summed E-state index contributed by atoms with van der Waals surface area (Å²) in [6.07, 6.45) is 5.92. The predicted octanol–water partition coefficient (Wildman–Crippen LogP) is 3.25. The molecule has 4 heterocycles. The highest BCUT2D eigenvalue weighted by atomic mass is 16.2. The van der Waals surface area contributed by atoms with Crippen LogP contribution in [-0.4, -0.2) is 83.1 Å². The summed E-state index contributed by atoms with van der Waals surface area (Å²) in [5.41, 5.74) is 2.24. The Balaban J connectivity index is 1.16. The summed E-state index contributed by atoms with van der Waals surface area (Å²) in [6.45, 7) is 9.84. The largest absolute Gasteiger partial charge is 0.338 e. The molecule has 0 radical (unpaired) electrons. The SMILES string of the molecule is CC(C)C[C@H](NC(=O)N1CC2CC(C1)c1cccc(=O)n1C2)C(=O)N1CCN(CC=Cc2ccccc2)CC1. The average molecular weight is 532 g/mol. The predicted molar refractivity (Wildman–Crippen MR) is 153 cm³/mol. The molecule has 39 heavy (non-hydrogen) atoms. The third-order valence-electron chi connectivity index (χ3n) is 8.23. The third kappa shape index (κ3) is 6.61. The molecular weight excluding hydrogens is 490 g/mol. The van der Waals surface area contributed by atoms with Crippen molar-refractivity contribution in [1.29, 1.82) is 0 Å². The zero-order chi connectivity index (χ0) is 27.4. The van der Waals surface area contributed by atoms with Crippen LogP contribution in [0.25, 0.3) is 6.08 Å². The van der Waals surface area contributed by atoms with Crippen LogP contribution >= 0.6 is 0 Å². The molecule has 2 unspecified atom stereocenters. The second-order valence-corrected chi connectivity index (χ2v) is 11.7. The minimum absolute atomic E-state index is 0.0191. The lowest BCUT2D eigenvalue weighted by Gasteiger charge is -2.43. The van der Waals surface area contributed by atoms with E-state index in [9.17, 15) is 14.4 Å². The summed E-state index contributed by atoms with van der Waals surface area (Å²) in [7, 11) is 0. The Hall–Kier alpha value is -3.39. The molecule has 8 nitrogen and oxygen atoms in total. The molecule has 1 aromatic carbocycles. The van der Waals surface area contributed by atoms with E-state index in [1.807, 2.05) is 44.7 Å². The van der Waals surface area contributed by atoms with Gasteiger partial charge in [-0.1, -0.05) is 62.4 Å². The molecule has 8 heteroatoms. The highest BCUT2D eigenvalue weighted by molar-refractivity contribution is 5.87. The highest BCUT2D eigenvalue weighted by Gasteiger charge is 2.37. The minimum atomic E-state index is -0.529. The van der Waals surface area contributed by atoms with Crippen molar-refractivity contribution >= 4 is 18.0 Å². The van der Waals surface area contributed by atoms with Crippen molar-refractivity contribution in [1.82, 2.24) is 24.6 Å². The summed E-state index contributed by atoms with van der Waals surface area (Å²) in [5, 5.41) is 3.11. The summed E-state index contributed by atoms with van der Waals surface area (Å²) < 4.78 is 1.87. The first-order chi connectivity index (χ1) is 18.9. The quantitative estimate of drug-likeness (QED) is 0.595. The molecule has 0 aliphatic carbocycles. The molecule has 2 saturated heterocycles. The standard InChI is InChI=1S/C31H41N5O3/c1-23(2)18-27(30(38)34-16-14-33(15-17-34)13-7-10-24-8-4-3-5-9-24)32-31(39)35-20-25-19-26(22-35)28-11-6-12-29(37)36(28)21-25/h3-12,23,25-27H,13-22H2,1-2H3,(H,32,39)/t25?,26?,27-/m0/s1. The van der Waals surface area contributed by atoms with Gasteiger partial charge in [-0.25, -0.2) is 4.79 Å².